The molecule has 2 aromatic heterocycles. The van der Waals surface area contributed by atoms with Gasteiger partial charge in [-0.3, -0.25) is 9.78 Å². The maximum Gasteiger partial charge on any atom is 0.267 e. The maximum absolute atomic E-state index is 12.1. The number of ether oxygens (including phenoxy) is 1. The highest BCUT2D eigenvalue weighted by Crippen LogP contribution is 2.22. The molecule has 3 rings (SSSR count). The first kappa shape index (κ1) is 13.0. The van der Waals surface area contributed by atoms with Crippen LogP contribution in [0.5, 0.6) is 5.75 Å². The number of aryl methyl sites for hydroxylation is 1. The number of hydrogen-bond donors (Lipinski definition) is 0. The van der Waals surface area contributed by atoms with Crippen molar-refractivity contribution >= 4 is 17.4 Å². The van der Waals surface area contributed by atoms with Crippen molar-refractivity contribution in [2.75, 3.05) is 19.7 Å². The summed E-state index contributed by atoms with van der Waals surface area (Å²) < 4.78 is 9.42. The molecule has 0 aliphatic carbocycles. The van der Waals surface area contributed by atoms with Gasteiger partial charge in [-0.05, 0) is 30.6 Å². The number of amides is 1. The third-order valence-electron chi connectivity index (χ3n) is 3.21. The minimum atomic E-state index is 0.0233. The summed E-state index contributed by atoms with van der Waals surface area (Å²) in [6, 6.07) is 3.71. The lowest BCUT2D eigenvalue weighted by atomic mass is 10.0. The Balaban J connectivity index is 1.47. The summed E-state index contributed by atoms with van der Waals surface area (Å²) in [6.45, 7) is 3.85. The first-order valence-corrected chi connectivity index (χ1v) is 7.12. The molecule has 1 aliphatic rings. The van der Waals surface area contributed by atoms with E-state index in [0.717, 1.165) is 30.4 Å². The van der Waals surface area contributed by atoms with Crippen LogP contribution in [-0.2, 0) is 0 Å². The normalized spacial score (nSPS) is 14.9. The zero-order valence-electron chi connectivity index (χ0n) is 11.0. The molecule has 0 atom stereocenters. The van der Waals surface area contributed by atoms with Gasteiger partial charge in [0.25, 0.3) is 5.91 Å². The van der Waals surface area contributed by atoms with Gasteiger partial charge in [-0.15, -0.1) is 5.10 Å². The van der Waals surface area contributed by atoms with Crippen LogP contribution < -0.4 is 4.74 Å². The number of carbonyl (C=O) groups excluding carboxylic acids is 1. The summed E-state index contributed by atoms with van der Waals surface area (Å²) >= 11 is 1.15. The number of likely N-dealkylation sites (tertiary alicyclic amines) is 1. The average Bonchev–Trinajstić information content (AvgIpc) is 2.84. The molecule has 1 amide bonds. The minimum absolute atomic E-state index is 0.0233. The summed E-state index contributed by atoms with van der Waals surface area (Å²) in [5, 5.41) is 3.86. The average molecular weight is 290 g/mol. The summed E-state index contributed by atoms with van der Waals surface area (Å²) in [6.07, 6.45) is 3.40. The number of hydrogen-bond acceptors (Lipinski definition) is 6. The van der Waals surface area contributed by atoms with Crippen molar-refractivity contribution in [3.8, 4) is 5.75 Å². The molecule has 0 saturated carbocycles. The lowest BCUT2D eigenvalue weighted by Gasteiger charge is -2.38. The molecule has 0 radical (unpaired) electrons. The van der Waals surface area contributed by atoms with E-state index in [0.29, 0.717) is 23.1 Å². The molecule has 1 aliphatic heterocycles. The highest BCUT2D eigenvalue weighted by atomic mass is 32.1. The Morgan fingerprint density at radius 2 is 2.40 bits per heavy atom. The number of carbonyl (C=O) groups is 1. The van der Waals surface area contributed by atoms with Crippen LogP contribution in [0.15, 0.2) is 24.5 Å². The van der Waals surface area contributed by atoms with Crippen LogP contribution in [0.3, 0.4) is 0 Å². The summed E-state index contributed by atoms with van der Waals surface area (Å²) in [7, 11) is 0. The fourth-order valence-corrected chi connectivity index (χ4v) is 2.68. The first-order chi connectivity index (χ1) is 9.74. The van der Waals surface area contributed by atoms with Gasteiger partial charge in [0.05, 0.1) is 18.5 Å². The molecule has 104 valence electrons. The van der Waals surface area contributed by atoms with Crippen LogP contribution in [0.2, 0.25) is 0 Å². The number of rotatable bonds is 4. The summed E-state index contributed by atoms with van der Waals surface area (Å²) in [5.41, 5.74) is 0.704. The van der Waals surface area contributed by atoms with E-state index < -0.39 is 0 Å². The fraction of sp³-hybridized carbons (Fsp3) is 0.385. The zero-order chi connectivity index (χ0) is 13.9. The van der Waals surface area contributed by atoms with Crippen LogP contribution >= 0.6 is 11.5 Å². The number of nitrogens with zero attached hydrogens (tertiary/aromatic N) is 4. The largest absolute Gasteiger partial charge is 0.492 e. The SMILES string of the molecule is Cc1nnsc1C(=O)N1CC(COc2cccnc2)C1. The molecule has 6 nitrogen and oxygen atoms in total. The molecule has 7 heteroatoms. The van der Waals surface area contributed by atoms with Crippen molar-refractivity contribution < 1.29 is 9.53 Å². The van der Waals surface area contributed by atoms with Gasteiger partial charge in [0.15, 0.2) is 0 Å². The second-order valence-electron chi connectivity index (χ2n) is 4.76. The minimum Gasteiger partial charge on any atom is -0.492 e. The Morgan fingerprint density at radius 1 is 1.55 bits per heavy atom. The second kappa shape index (κ2) is 5.54. The quantitative estimate of drug-likeness (QED) is 0.851. The van der Waals surface area contributed by atoms with Crippen LogP contribution in [0, 0.1) is 12.8 Å². The highest BCUT2D eigenvalue weighted by molar-refractivity contribution is 7.07. The Morgan fingerprint density at radius 3 is 3.05 bits per heavy atom. The topological polar surface area (TPSA) is 68.2 Å². The van der Waals surface area contributed by atoms with E-state index in [1.807, 2.05) is 12.1 Å². The fourth-order valence-electron chi connectivity index (χ4n) is 2.06. The molecule has 0 unspecified atom stereocenters. The summed E-state index contributed by atoms with van der Waals surface area (Å²) in [5.74, 6) is 1.16. The Labute approximate surface area is 120 Å². The second-order valence-corrected chi connectivity index (χ2v) is 5.52. The van der Waals surface area contributed by atoms with Gasteiger partial charge in [-0.2, -0.15) is 0 Å². The van der Waals surface area contributed by atoms with E-state index in [2.05, 4.69) is 14.6 Å². The highest BCUT2D eigenvalue weighted by Gasteiger charge is 2.33. The smallest absolute Gasteiger partial charge is 0.267 e. The molecule has 3 heterocycles. The van der Waals surface area contributed by atoms with Gasteiger partial charge >= 0.3 is 0 Å². The van der Waals surface area contributed by atoms with Crippen molar-refractivity contribution in [2.24, 2.45) is 5.92 Å². The predicted octanol–water partition coefficient (Wildman–Crippen LogP) is 1.39. The van der Waals surface area contributed by atoms with E-state index >= 15 is 0 Å². The van der Waals surface area contributed by atoms with E-state index in [-0.39, 0.29) is 5.91 Å². The lowest BCUT2D eigenvalue weighted by Crippen LogP contribution is -2.52. The third kappa shape index (κ3) is 2.62. The van der Waals surface area contributed by atoms with Crippen molar-refractivity contribution in [1.82, 2.24) is 19.5 Å². The molecule has 0 N–H and O–H groups in total. The Bertz CT molecular complexity index is 595. The van der Waals surface area contributed by atoms with Crippen LogP contribution in [0.1, 0.15) is 15.4 Å². The van der Waals surface area contributed by atoms with Gasteiger partial charge in [0.1, 0.15) is 10.6 Å². The van der Waals surface area contributed by atoms with Gasteiger partial charge < -0.3 is 9.64 Å². The molecule has 0 spiro atoms. The van der Waals surface area contributed by atoms with Crippen molar-refractivity contribution in [2.45, 2.75) is 6.92 Å². The Hall–Kier alpha value is -2.02. The third-order valence-corrected chi connectivity index (χ3v) is 4.03. The van der Waals surface area contributed by atoms with E-state index in [9.17, 15) is 4.79 Å². The number of aromatic nitrogens is 3. The molecule has 0 bridgehead atoms. The van der Waals surface area contributed by atoms with Gasteiger partial charge in [0, 0.05) is 25.2 Å². The van der Waals surface area contributed by atoms with Gasteiger partial charge in [-0.1, -0.05) is 4.49 Å². The van der Waals surface area contributed by atoms with Crippen molar-refractivity contribution in [3.63, 3.8) is 0 Å². The predicted molar refractivity (Wildman–Crippen MR) is 73.8 cm³/mol. The van der Waals surface area contributed by atoms with Crippen LogP contribution in [0.4, 0.5) is 0 Å². The molecule has 0 aromatic carbocycles. The van der Waals surface area contributed by atoms with E-state index in [4.69, 9.17) is 4.74 Å². The zero-order valence-corrected chi connectivity index (χ0v) is 11.8. The van der Waals surface area contributed by atoms with Gasteiger partial charge in [0.2, 0.25) is 0 Å². The molecule has 20 heavy (non-hydrogen) atoms. The van der Waals surface area contributed by atoms with E-state index in [1.54, 1.807) is 24.2 Å². The molecule has 1 saturated heterocycles. The summed E-state index contributed by atoms with van der Waals surface area (Å²) in [4.78, 5) is 18.6. The molecule has 2 aromatic rings. The maximum atomic E-state index is 12.1. The van der Waals surface area contributed by atoms with Crippen LogP contribution in [-0.4, -0.2) is 45.1 Å². The molecular weight excluding hydrogens is 276 g/mol. The Kier molecular flexibility index (Phi) is 3.60. The first-order valence-electron chi connectivity index (χ1n) is 6.35. The lowest BCUT2D eigenvalue weighted by molar-refractivity contribution is 0.0396. The van der Waals surface area contributed by atoms with Gasteiger partial charge in [-0.25, -0.2) is 0 Å². The molecule has 1 fully saturated rings. The monoisotopic (exact) mass is 290 g/mol. The van der Waals surface area contributed by atoms with Crippen LogP contribution in [0.25, 0.3) is 0 Å². The standard InChI is InChI=1S/C13H14N4O2S/c1-9-12(20-16-15-9)13(18)17-6-10(7-17)8-19-11-3-2-4-14-5-11/h2-5,10H,6-8H2,1H3. The molecular formula is C13H14N4O2S. The van der Waals surface area contributed by atoms with E-state index in [1.165, 1.54) is 0 Å². The van der Waals surface area contributed by atoms with Crippen molar-refractivity contribution in [1.29, 1.82) is 0 Å². The van der Waals surface area contributed by atoms with Crippen molar-refractivity contribution in [3.05, 3.63) is 35.1 Å². The number of pyridine rings is 1.